The smallest absolute Gasteiger partial charge is 0.254 e. The predicted octanol–water partition coefficient (Wildman–Crippen LogP) is 2.70. The Bertz CT molecular complexity index is 833. The van der Waals surface area contributed by atoms with Gasteiger partial charge in [0.25, 0.3) is 5.91 Å². The molecule has 4 rings (SSSR count). The van der Waals surface area contributed by atoms with Crippen molar-refractivity contribution in [2.75, 3.05) is 26.3 Å². The Morgan fingerprint density at radius 2 is 1.87 bits per heavy atom. The van der Waals surface area contributed by atoms with Crippen LogP contribution in [-0.2, 0) is 4.74 Å². The van der Waals surface area contributed by atoms with Crippen LogP contribution in [0.15, 0.2) is 48.8 Å². The van der Waals surface area contributed by atoms with E-state index in [1.165, 1.54) is 0 Å². The maximum Gasteiger partial charge on any atom is 0.254 e. The van der Waals surface area contributed by atoms with Gasteiger partial charge in [0.15, 0.2) is 0 Å². The van der Waals surface area contributed by atoms with Gasteiger partial charge in [-0.2, -0.15) is 0 Å². The Labute approximate surface area is 133 Å². The fourth-order valence-electron chi connectivity index (χ4n) is 2.85. The normalized spacial score (nSPS) is 15.0. The van der Waals surface area contributed by atoms with E-state index in [1.807, 2.05) is 47.6 Å². The summed E-state index contributed by atoms with van der Waals surface area (Å²) < 4.78 is 5.29. The van der Waals surface area contributed by atoms with Gasteiger partial charge in [-0.15, -0.1) is 0 Å². The molecule has 0 radical (unpaired) electrons. The number of carbonyl (C=O) groups is 1. The molecule has 3 aromatic rings. The summed E-state index contributed by atoms with van der Waals surface area (Å²) in [6.07, 6.45) is 3.73. The van der Waals surface area contributed by atoms with Gasteiger partial charge in [0.1, 0.15) is 5.65 Å². The van der Waals surface area contributed by atoms with Gasteiger partial charge in [-0.25, -0.2) is 4.98 Å². The second-order valence-electron chi connectivity index (χ2n) is 5.62. The molecule has 5 nitrogen and oxygen atoms in total. The average molecular weight is 307 g/mol. The highest BCUT2D eigenvalue weighted by molar-refractivity contribution is 5.95. The molecule has 1 aliphatic rings. The standard InChI is InChI=1S/C18H17N3O2/c22-18(21-7-9-23-10-8-21)14-3-1-13(2-4-14)16-11-15-5-6-19-17(15)20-12-16/h1-6,11-12H,7-10H2,(H,19,20). The first-order chi connectivity index (χ1) is 11.3. The summed E-state index contributed by atoms with van der Waals surface area (Å²) >= 11 is 0. The maximum absolute atomic E-state index is 12.4. The number of amides is 1. The molecule has 1 amide bonds. The van der Waals surface area contributed by atoms with Gasteiger partial charge in [-0.1, -0.05) is 12.1 Å². The second kappa shape index (κ2) is 5.85. The molecule has 3 heterocycles. The van der Waals surface area contributed by atoms with E-state index >= 15 is 0 Å². The van der Waals surface area contributed by atoms with Crippen LogP contribution in [0.4, 0.5) is 0 Å². The van der Waals surface area contributed by atoms with E-state index in [0.717, 1.165) is 22.2 Å². The summed E-state index contributed by atoms with van der Waals surface area (Å²) in [6.45, 7) is 2.56. The molecule has 23 heavy (non-hydrogen) atoms. The Morgan fingerprint density at radius 3 is 2.65 bits per heavy atom. The van der Waals surface area contributed by atoms with E-state index in [4.69, 9.17) is 4.74 Å². The minimum absolute atomic E-state index is 0.0686. The molecule has 0 aliphatic carbocycles. The minimum atomic E-state index is 0.0686. The molecule has 5 heteroatoms. The van der Waals surface area contributed by atoms with Crippen molar-refractivity contribution in [2.24, 2.45) is 0 Å². The molecular formula is C18H17N3O2. The molecule has 1 aromatic carbocycles. The van der Waals surface area contributed by atoms with Crippen molar-refractivity contribution < 1.29 is 9.53 Å². The number of rotatable bonds is 2. The molecule has 0 saturated carbocycles. The third kappa shape index (κ3) is 2.71. The van der Waals surface area contributed by atoms with Crippen LogP contribution in [0.2, 0.25) is 0 Å². The monoisotopic (exact) mass is 307 g/mol. The van der Waals surface area contributed by atoms with Crippen molar-refractivity contribution in [1.82, 2.24) is 14.9 Å². The zero-order valence-electron chi connectivity index (χ0n) is 12.7. The highest BCUT2D eigenvalue weighted by Crippen LogP contribution is 2.23. The highest BCUT2D eigenvalue weighted by atomic mass is 16.5. The van der Waals surface area contributed by atoms with Gasteiger partial charge < -0.3 is 14.6 Å². The second-order valence-corrected chi connectivity index (χ2v) is 5.62. The molecule has 1 fully saturated rings. The Kier molecular flexibility index (Phi) is 3.55. The largest absolute Gasteiger partial charge is 0.378 e. The molecule has 0 spiro atoms. The number of ether oxygens (including phenoxy) is 1. The van der Waals surface area contributed by atoms with Crippen LogP contribution >= 0.6 is 0 Å². The van der Waals surface area contributed by atoms with Crippen LogP contribution in [0.5, 0.6) is 0 Å². The number of nitrogens with zero attached hydrogens (tertiary/aromatic N) is 2. The lowest BCUT2D eigenvalue weighted by Crippen LogP contribution is -2.40. The van der Waals surface area contributed by atoms with Gasteiger partial charge in [-0.05, 0) is 29.8 Å². The summed E-state index contributed by atoms with van der Waals surface area (Å²) in [5.41, 5.74) is 3.70. The number of carbonyl (C=O) groups excluding carboxylic acids is 1. The van der Waals surface area contributed by atoms with Crippen LogP contribution in [0.25, 0.3) is 22.2 Å². The molecule has 0 atom stereocenters. The highest BCUT2D eigenvalue weighted by Gasteiger charge is 2.18. The lowest BCUT2D eigenvalue weighted by Gasteiger charge is -2.26. The minimum Gasteiger partial charge on any atom is -0.378 e. The zero-order valence-corrected chi connectivity index (χ0v) is 12.7. The van der Waals surface area contributed by atoms with Crippen LogP contribution in [0, 0.1) is 0 Å². The number of hydrogen-bond donors (Lipinski definition) is 1. The SMILES string of the molecule is O=C(c1ccc(-c2cnc3[nH]ccc3c2)cc1)N1CCOCC1. The Morgan fingerprint density at radius 1 is 1.09 bits per heavy atom. The Balaban J connectivity index is 1.58. The quantitative estimate of drug-likeness (QED) is 0.792. The molecule has 0 bridgehead atoms. The molecule has 1 N–H and O–H groups in total. The number of hydrogen-bond acceptors (Lipinski definition) is 3. The van der Waals surface area contributed by atoms with Gasteiger partial charge in [-0.3, -0.25) is 4.79 Å². The van der Waals surface area contributed by atoms with Crippen LogP contribution in [0.1, 0.15) is 10.4 Å². The van der Waals surface area contributed by atoms with Crippen molar-refractivity contribution in [2.45, 2.75) is 0 Å². The number of fused-ring (bicyclic) bond motifs is 1. The average Bonchev–Trinajstić information content (AvgIpc) is 3.10. The maximum atomic E-state index is 12.4. The molecule has 0 unspecified atom stereocenters. The number of pyridine rings is 1. The topological polar surface area (TPSA) is 58.2 Å². The third-order valence-corrected chi connectivity index (χ3v) is 4.16. The van der Waals surface area contributed by atoms with Crippen molar-refractivity contribution in [3.8, 4) is 11.1 Å². The fourth-order valence-corrected chi connectivity index (χ4v) is 2.85. The Hall–Kier alpha value is -2.66. The van der Waals surface area contributed by atoms with Gasteiger partial charge in [0.05, 0.1) is 13.2 Å². The van der Waals surface area contributed by atoms with Crippen molar-refractivity contribution in [3.05, 3.63) is 54.4 Å². The number of benzene rings is 1. The van der Waals surface area contributed by atoms with E-state index in [2.05, 4.69) is 16.0 Å². The summed E-state index contributed by atoms with van der Waals surface area (Å²) in [7, 11) is 0. The van der Waals surface area contributed by atoms with E-state index in [-0.39, 0.29) is 5.91 Å². The summed E-state index contributed by atoms with van der Waals surface area (Å²) in [5, 5.41) is 1.08. The summed E-state index contributed by atoms with van der Waals surface area (Å²) in [4.78, 5) is 21.8. The molecule has 2 aromatic heterocycles. The van der Waals surface area contributed by atoms with Crippen molar-refractivity contribution in [3.63, 3.8) is 0 Å². The van der Waals surface area contributed by atoms with Gasteiger partial charge in [0.2, 0.25) is 0 Å². The van der Waals surface area contributed by atoms with E-state index < -0.39 is 0 Å². The first-order valence-corrected chi connectivity index (χ1v) is 7.72. The van der Waals surface area contributed by atoms with E-state index in [0.29, 0.717) is 31.9 Å². The summed E-state index contributed by atoms with van der Waals surface area (Å²) in [6, 6.07) is 11.8. The van der Waals surface area contributed by atoms with E-state index in [1.54, 1.807) is 0 Å². The number of nitrogens with one attached hydrogen (secondary N) is 1. The molecule has 1 saturated heterocycles. The van der Waals surface area contributed by atoms with Crippen LogP contribution in [0.3, 0.4) is 0 Å². The number of aromatic amines is 1. The zero-order chi connectivity index (χ0) is 15.6. The lowest BCUT2D eigenvalue weighted by atomic mass is 10.0. The fraction of sp³-hybridized carbons (Fsp3) is 0.222. The number of aromatic nitrogens is 2. The first kappa shape index (κ1) is 14.0. The summed E-state index contributed by atoms with van der Waals surface area (Å²) in [5.74, 6) is 0.0686. The predicted molar refractivity (Wildman–Crippen MR) is 88.3 cm³/mol. The van der Waals surface area contributed by atoms with Crippen LogP contribution < -0.4 is 0 Å². The number of morpholine rings is 1. The lowest BCUT2D eigenvalue weighted by molar-refractivity contribution is 0.0303. The van der Waals surface area contributed by atoms with Gasteiger partial charge >= 0.3 is 0 Å². The number of H-pyrrole nitrogens is 1. The van der Waals surface area contributed by atoms with Gasteiger partial charge in [0, 0.05) is 42.0 Å². The van der Waals surface area contributed by atoms with E-state index in [9.17, 15) is 4.79 Å². The molecule has 1 aliphatic heterocycles. The molecular weight excluding hydrogens is 290 g/mol. The third-order valence-electron chi connectivity index (χ3n) is 4.16. The molecule has 116 valence electrons. The van der Waals surface area contributed by atoms with Crippen molar-refractivity contribution in [1.29, 1.82) is 0 Å². The first-order valence-electron chi connectivity index (χ1n) is 7.72. The van der Waals surface area contributed by atoms with Crippen molar-refractivity contribution >= 4 is 16.9 Å². The van der Waals surface area contributed by atoms with Crippen LogP contribution in [-0.4, -0.2) is 47.1 Å².